The highest BCUT2D eigenvalue weighted by molar-refractivity contribution is 5.94. The Bertz CT molecular complexity index is 846. The van der Waals surface area contributed by atoms with E-state index in [0.717, 1.165) is 38.2 Å². The summed E-state index contributed by atoms with van der Waals surface area (Å²) in [5.74, 6) is 1.03. The van der Waals surface area contributed by atoms with Gasteiger partial charge in [0.15, 0.2) is 0 Å². The number of allylic oxidation sites excluding steroid dienone is 3. The largest absolute Gasteiger partial charge is 0.369 e. The monoisotopic (exact) mass is 510 g/mol. The molecule has 0 amide bonds. The Labute approximate surface area is 227 Å². The highest BCUT2D eigenvalue weighted by Gasteiger charge is 2.53. The molecule has 5 heteroatoms. The molecule has 0 bridgehead atoms. The molecule has 1 aromatic rings. The molecule has 4 rings (SSSR count). The van der Waals surface area contributed by atoms with Crippen LogP contribution in [0, 0.1) is 0 Å². The Morgan fingerprint density at radius 1 is 1.14 bits per heavy atom. The van der Waals surface area contributed by atoms with Crippen LogP contribution in [0.4, 0.5) is 0 Å². The summed E-state index contributed by atoms with van der Waals surface area (Å²) in [5.41, 5.74) is 2.33. The van der Waals surface area contributed by atoms with Crippen molar-refractivity contribution in [1.29, 1.82) is 0 Å². The number of benzene rings is 1. The van der Waals surface area contributed by atoms with E-state index in [1.807, 2.05) is 6.92 Å². The van der Waals surface area contributed by atoms with E-state index in [2.05, 4.69) is 92.7 Å². The molecule has 5 nitrogen and oxygen atoms in total. The number of aliphatic hydroxyl groups is 1. The molecule has 0 aromatic heterocycles. The Hall–Kier alpha value is -2.11. The Morgan fingerprint density at radius 3 is 2.30 bits per heavy atom. The van der Waals surface area contributed by atoms with Gasteiger partial charge in [0, 0.05) is 30.9 Å². The number of aliphatic hydroxyl groups excluding tert-OH is 1. The van der Waals surface area contributed by atoms with Gasteiger partial charge in [0.05, 0.1) is 0 Å². The number of hydrogen-bond donors (Lipinski definition) is 2. The average Bonchev–Trinajstić information content (AvgIpc) is 3.14. The number of likely N-dealkylation sites (tertiary alicyclic amines) is 1. The first-order valence-corrected chi connectivity index (χ1v) is 14.7. The molecule has 2 fully saturated rings. The number of rotatable bonds is 5. The van der Waals surface area contributed by atoms with Gasteiger partial charge >= 0.3 is 0 Å². The van der Waals surface area contributed by atoms with Crippen LogP contribution in [-0.2, 0) is 6.54 Å². The van der Waals surface area contributed by atoms with Gasteiger partial charge in [-0.3, -0.25) is 4.90 Å². The molecule has 2 heterocycles. The molecular formula is C32H54N4O. The molecule has 1 saturated heterocycles. The zero-order valence-electron chi connectivity index (χ0n) is 24.5. The molecule has 3 atom stereocenters. The number of aliphatic imine (C=N–C) groups is 1. The van der Waals surface area contributed by atoms with Crippen LogP contribution < -0.4 is 5.32 Å². The molecule has 0 radical (unpaired) electrons. The van der Waals surface area contributed by atoms with Gasteiger partial charge in [0.1, 0.15) is 11.4 Å². The van der Waals surface area contributed by atoms with Crippen LogP contribution in [0.5, 0.6) is 0 Å². The van der Waals surface area contributed by atoms with E-state index >= 15 is 0 Å². The molecule has 1 aromatic carbocycles. The maximum absolute atomic E-state index is 11.1. The van der Waals surface area contributed by atoms with Crippen LogP contribution in [0.25, 0.3) is 0 Å². The zero-order chi connectivity index (χ0) is 27.3. The maximum Gasteiger partial charge on any atom is 0.227 e. The van der Waals surface area contributed by atoms with Gasteiger partial charge in [-0.25, -0.2) is 4.99 Å². The van der Waals surface area contributed by atoms with Crippen molar-refractivity contribution in [2.24, 2.45) is 4.99 Å². The molecule has 1 spiro atoms. The van der Waals surface area contributed by atoms with E-state index in [-0.39, 0.29) is 5.54 Å². The predicted octanol–water partition coefficient (Wildman–Crippen LogP) is 7.24. The number of amidine groups is 1. The van der Waals surface area contributed by atoms with E-state index in [9.17, 15) is 5.11 Å². The van der Waals surface area contributed by atoms with Gasteiger partial charge in [-0.1, -0.05) is 88.9 Å². The van der Waals surface area contributed by atoms with Gasteiger partial charge < -0.3 is 15.3 Å². The lowest BCUT2D eigenvalue weighted by Gasteiger charge is -2.50. The minimum atomic E-state index is -0.787. The van der Waals surface area contributed by atoms with Crippen LogP contribution in [0.3, 0.4) is 0 Å². The first-order chi connectivity index (χ1) is 17.9. The first kappa shape index (κ1) is 31.1. The molecule has 3 unspecified atom stereocenters. The van der Waals surface area contributed by atoms with Crippen molar-refractivity contribution in [2.75, 3.05) is 6.54 Å². The third-order valence-corrected chi connectivity index (χ3v) is 7.63. The lowest BCUT2D eigenvalue weighted by atomic mass is 9.80. The summed E-state index contributed by atoms with van der Waals surface area (Å²) in [4.78, 5) is 9.65. The fraction of sp³-hybridized carbons (Fsp3) is 0.656. The molecule has 37 heavy (non-hydrogen) atoms. The second-order valence-corrected chi connectivity index (χ2v) is 10.7. The predicted molar refractivity (Wildman–Crippen MR) is 159 cm³/mol. The van der Waals surface area contributed by atoms with Crippen molar-refractivity contribution in [3.63, 3.8) is 0 Å². The third kappa shape index (κ3) is 8.19. The Balaban J connectivity index is 0.000000733. The van der Waals surface area contributed by atoms with Crippen LogP contribution >= 0.6 is 0 Å². The molecular weight excluding hydrogens is 456 g/mol. The molecule has 2 N–H and O–H groups in total. The quantitative estimate of drug-likeness (QED) is 0.410. The Morgan fingerprint density at radius 2 is 1.76 bits per heavy atom. The molecule has 2 aliphatic heterocycles. The minimum Gasteiger partial charge on any atom is -0.369 e. The van der Waals surface area contributed by atoms with Gasteiger partial charge in [-0.15, -0.1) is 6.58 Å². The van der Waals surface area contributed by atoms with Crippen LogP contribution in [0.2, 0.25) is 0 Å². The van der Waals surface area contributed by atoms with Gasteiger partial charge in [-0.05, 0) is 58.4 Å². The molecule has 208 valence electrons. The average molecular weight is 511 g/mol. The smallest absolute Gasteiger partial charge is 0.227 e. The van der Waals surface area contributed by atoms with E-state index < -0.39 is 6.35 Å². The van der Waals surface area contributed by atoms with Crippen LogP contribution in [0.15, 0.2) is 59.8 Å². The number of nitrogens with zero attached hydrogens (tertiary/aromatic N) is 3. The second kappa shape index (κ2) is 16.0. The summed E-state index contributed by atoms with van der Waals surface area (Å²) in [7, 11) is 0. The minimum absolute atomic E-state index is 0.235. The van der Waals surface area contributed by atoms with Crippen LogP contribution in [0.1, 0.15) is 105 Å². The lowest BCUT2D eigenvalue weighted by molar-refractivity contribution is -0.0306. The lowest BCUT2D eigenvalue weighted by Crippen LogP contribution is -2.63. The normalized spacial score (nSPS) is 26.5. The van der Waals surface area contributed by atoms with Crippen molar-refractivity contribution < 1.29 is 5.11 Å². The van der Waals surface area contributed by atoms with Crippen molar-refractivity contribution in [3.05, 3.63) is 60.3 Å². The van der Waals surface area contributed by atoms with Crippen molar-refractivity contribution in [2.45, 2.75) is 130 Å². The molecule has 3 aliphatic rings. The highest BCUT2D eigenvalue weighted by atomic mass is 16.3. The van der Waals surface area contributed by atoms with Crippen molar-refractivity contribution >= 4 is 5.84 Å². The third-order valence-electron chi connectivity index (χ3n) is 7.63. The summed E-state index contributed by atoms with van der Waals surface area (Å²) in [5, 5.41) is 14.9. The molecule has 1 aliphatic carbocycles. The van der Waals surface area contributed by atoms with Crippen molar-refractivity contribution in [1.82, 2.24) is 15.1 Å². The van der Waals surface area contributed by atoms with E-state index in [0.29, 0.717) is 12.1 Å². The summed E-state index contributed by atoms with van der Waals surface area (Å²) in [6.45, 7) is 18.1. The van der Waals surface area contributed by atoms with E-state index in [4.69, 9.17) is 4.99 Å². The van der Waals surface area contributed by atoms with Gasteiger partial charge in [0.2, 0.25) is 6.35 Å². The topological polar surface area (TPSA) is 51.1 Å². The number of piperidine rings is 1. The standard InChI is InChI=1S/C26H40N4O.C3H8.C3H6/c1-4-23(5-2)30-25(31)28-24(27-22-14-10-7-11-15-22)26(30)16-17-29(20(3)18-26)19-21-12-8-6-9-13-21;2*1-3-2/h4,6,8-9,12-13,20,22,25,31H,5,7,10-11,14-19H2,1-3H3,(H,27,28);3H2,1-2H3;3H,1H2,2H3/b23-4+;;. The number of nitrogens with one attached hydrogen (secondary N) is 1. The highest BCUT2D eigenvalue weighted by Crippen LogP contribution is 2.42. The second-order valence-electron chi connectivity index (χ2n) is 10.7. The summed E-state index contributed by atoms with van der Waals surface area (Å²) >= 11 is 0. The summed E-state index contributed by atoms with van der Waals surface area (Å²) in [6, 6.07) is 11.7. The first-order valence-electron chi connectivity index (χ1n) is 14.7. The summed E-state index contributed by atoms with van der Waals surface area (Å²) < 4.78 is 0. The van der Waals surface area contributed by atoms with Crippen molar-refractivity contribution in [3.8, 4) is 0 Å². The number of hydrogen-bond acceptors (Lipinski definition) is 5. The van der Waals surface area contributed by atoms with E-state index in [1.165, 1.54) is 49.8 Å². The Kier molecular flexibility index (Phi) is 13.4. The molecule has 1 saturated carbocycles. The fourth-order valence-electron chi connectivity index (χ4n) is 5.93. The zero-order valence-corrected chi connectivity index (χ0v) is 24.5. The van der Waals surface area contributed by atoms with E-state index in [1.54, 1.807) is 6.08 Å². The fourth-order valence-corrected chi connectivity index (χ4v) is 5.93. The SMILES string of the molecule is C/C=C(\CC)N1C(O)N=C(NC2CCCCC2)C12CCN(Cc1ccccc1)C(C)C2.C=CC.CCC. The van der Waals surface area contributed by atoms with Gasteiger partial charge in [-0.2, -0.15) is 0 Å². The maximum atomic E-state index is 11.1. The summed E-state index contributed by atoms with van der Waals surface area (Å²) in [6.07, 6.45) is 13.6. The van der Waals surface area contributed by atoms with Gasteiger partial charge in [0.25, 0.3) is 0 Å². The van der Waals surface area contributed by atoms with Crippen LogP contribution in [-0.4, -0.2) is 51.3 Å².